The number of carbonyl (C=O) groups is 2. The van der Waals surface area contributed by atoms with Gasteiger partial charge in [0.05, 0.1) is 13.7 Å². The molecule has 0 unspecified atom stereocenters. The van der Waals surface area contributed by atoms with E-state index in [4.69, 9.17) is 17.0 Å². The lowest BCUT2D eigenvalue weighted by molar-refractivity contribution is -0.140. The lowest BCUT2D eigenvalue weighted by atomic mass is 10.1. The van der Waals surface area contributed by atoms with Crippen LogP contribution < -0.4 is 10.6 Å². The Bertz CT molecular complexity index is 756. The van der Waals surface area contributed by atoms with E-state index in [0.717, 1.165) is 10.4 Å². The van der Waals surface area contributed by atoms with E-state index < -0.39 is 0 Å². The van der Waals surface area contributed by atoms with Crippen LogP contribution in [-0.2, 0) is 14.3 Å². The van der Waals surface area contributed by atoms with Crippen molar-refractivity contribution in [2.75, 3.05) is 25.6 Å². The fourth-order valence-corrected chi connectivity index (χ4v) is 4.20. The molecule has 0 aliphatic carbocycles. The molecule has 0 bridgehead atoms. The molecule has 9 heteroatoms. The first-order valence-corrected chi connectivity index (χ1v) is 10.2. The third-order valence-corrected chi connectivity index (χ3v) is 5.40. The van der Waals surface area contributed by atoms with Crippen molar-refractivity contribution in [3.63, 3.8) is 0 Å². The number of carbonyl (C=O) groups excluding carboxylic acids is 2. The molecule has 6 nitrogen and oxygen atoms in total. The van der Waals surface area contributed by atoms with Crippen molar-refractivity contribution in [1.82, 2.24) is 5.32 Å². The predicted molar refractivity (Wildman–Crippen MR) is 109 cm³/mol. The molecule has 0 atom stereocenters. The zero-order chi connectivity index (χ0) is 18.9. The Labute approximate surface area is 165 Å². The van der Waals surface area contributed by atoms with Crippen molar-refractivity contribution in [3.8, 4) is 10.4 Å². The van der Waals surface area contributed by atoms with Gasteiger partial charge in [0.2, 0.25) is 0 Å². The summed E-state index contributed by atoms with van der Waals surface area (Å²) in [6.45, 7) is 2.60. The van der Waals surface area contributed by atoms with Gasteiger partial charge in [-0.25, -0.2) is 4.79 Å². The number of nitrogens with one attached hydrogen (secondary N) is 2. The standard InChI is InChI=1S/C17H20N2O4S3/c1-3-23-16(21)14-11(12-6-5-9-25-12)10-26-15(14)19-17(24)18-8-4-7-13(20)22-2/h5-6,9-10H,3-4,7-8H2,1-2H3,(H2,18,19,24). The molecule has 0 aliphatic heterocycles. The summed E-state index contributed by atoms with van der Waals surface area (Å²) in [5, 5.41) is 11.0. The van der Waals surface area contributed by atoms with Gasteiger partial charge in [-0.05, 0) is 37.0 Å². The van der Waals surface area contributed by atoms with Gasteiger partial charge in [-0.15, -0.1) is 22.7 Å². The monoisotopic (exact) mass is 412 g/mol. The van der Waals surface area contributed by atoms with Gasteiger partial charge in [-0.1, -0.05) is 6.07 Å². The van der Waals surface area contributed by atoms with Gasteiger partial charge in [0.25, 0.3) is 0 Å². The van der Waals surface area contributed by atoms with Crippen LogP contribution in [0.2, 0.25) is 0 Å². The molecule has 0 aliphatic rings. The predicted octanol–water partition coefficient (Wildman–Crippen LogP) is 3.89. The number of hydrogen-bond acceptors (Lipinski definition) is 7. The molecule has 2 aromatic rings. The van der Waals surface area contributed by atoms with Crippen molar-refractivity contribution in [2.45, 2.75) is 19.8 Å². The number of thiocarbonyl (C=S) groups is 1. The second-order valence-corrected chi connectivity index (χ2v) is 7.35. The number of rotatable bonds is 8. The molecule has 2 aromatic heterocycles. The highest BCUT2D eigenvalue weighted by atomic mass is 32.1. The smallest absolute Gasteiger partial charge is 0.341 e. The van der Waals surface area contributed by atoms with Crippen LogP contribution in [0.15, 0.2) is 22.9 Å². The van der Waals surface area contributed by atoms with E-state index in [-0.39, 0.29) is 11.9 Å². The van der Waals surface area contributed by atoms with Crippen molar-refractivity contribution < 1.29 is 19.1 Å². The minimum atomic E-state index is -0.381. The average molecular weight is 413 g/mol. The highest BCUT2D eigenvalue weighted by Crippen LogP contribution is 2.38. The fraction of sp³-hybridized carbons (Fsp3) is 0.353. The van der Waals surface area contributed by atoms with Crippen molar-refractivity contribution in [3.05, 3.63) is 28.5 Å². The molecule has 0 saturated heterocycles. The maximum absolute atomic E-state index is 12.4. The number of ether oxygens (including phenoxy) is 2. The van der Waals surface area contributed by atoms with Crippen LogP contribution in [0, 0.1) is 0 Å². The molecule has 0 aromatic carbocycles. The number of anilines is 1. The number of methoxy groups -OCH3 is 1. The molecule has 0 amide bonds. The van der Waals surface area contributed by atoms with Gasteiger partial charge in [0, 0.05) is 28.8 Å². The summed E-state index contributed by atoms with van der Waals surface area (Å²) in [6, 6.07) is 3.90. The Hall–Kier alpha value is -1.97. The molecule has 140 valence electrons. The lowest BCUT2D eigenvalue weighted by Gasteiger charge is -2.11. The Morgan fingerprint density at radius 3 is 2.77 bits per heavy atom. The van der Waals surface area contributed by atoms with Gasteiger partial charge in [-0.3, -0.25) is 4.79 Å². The van der Waals surface area contributed by atoms with Crippen LogP contribution in [0.25, 0.3) is 10.4 Å². The van der Waals surface area contributed by atoms with E-state index in [1.54, 1.807) is 18.3 Å². The second kappa shape index (κ2) is 10.2. The topological polar surface area (TPSA) is 76.7 Å². The van der Waals surface area contributed by atoms with Crippen LogP contribution in [-0.4, -0.2) is 37.3 Å². The van der Waals surface area contributed by atoms with E-state index >= 15 is 0 Å². The molecule has 26 heavy (non-hydrogen) atoms. The average Bonchev–Trinajstić information content (AvgIpc) is 3.28. The number of esters is 2. The molecule has 2 rings (SSSR count). The van der Waals surface area contributed by atoms with Crippen molar-refractivity contribution in [2.24, 2.45) is 0 Å². The summed E-state index contributed by atoms with van der Waals surface area (Å²) >= 11 is 8.24. The van der Waals surface area contributed by atoms with Crippen LogP contribution in [0.5, 0.6) is 0 Å². The van der Waals surface area contributed by atoms with Gasteiger partial charge in [-0.2, -0.15) is 0 Å². The summed E-state index contributed by atoms with van der Waals surface area (Å²) in [4.78, 5) is 24.5. The minimum Gasteiger partial charge on any atom is -0.469 e. The van der Waals surface area contributed by atoms with Crippen LogP contribution in [0.3, 0.4) is 0 Å². The second-order valence-electron chi connectivity index (χ2n) is 5.11. The summed E-state index contributed by atoms with van der Waals surface area (Å²) in [5.41, 5.74) is 1.32. The molecule has 0 radical (unpaired) electrons. The van der Waals surface area contributed by atoms with Crippen LogP contribution in [0.1, 0.15) is 30.1 Å². The van der Waals surface area contributed by atoms with E-state index in [1.807, 2.05) is 22.9 Å². The summed E-state index contributed by atoms with van der Waals surface area (Å²) < 4.78 is 9.79. The zero-order valence-corrected chi connectivity index (χ0v) is 16.9. The first kappa shape index (κ1) is 20.3. The summed E-state index contributed by atoms with van der Waals surface area (Å²) in [5.74, 6) is -0.637. The molecular formula is C17H20N2O4S3. The third-order valence-electron chi connectivity index (χ3n) is 3.36. The first-order chi connectivity index (χ1) is 12.6. The highest BCUT2D eigenvalue weighted by Gasteiger charge is 2.22. The van der Waals surface area contributed by atoms with E-state index in [1.165, 1.54) is 18.4 Å². The van der Waals surface area contributed by atoms with Gasteiger partial charge >= 0.3 is 11.9 Å². The van der Waals surface area contributed by atoms with Crippen molar-refractivity contribution >= 4 is 56.9 Å². The third kappa shape index (κ3) is 5.52. The molecule has 2 N–H and O–H groups in total. The maximum atomic E-state index is 12.4. The quantitative estimate of drug-likeness (QED) is 0.387. The van der Waals surface area contributed by atoms with E-state index in [2.05, 4.69) is 15.4 Å². The normalized spacial score (nSPS) is 10.2. The summed E-state index contributed by atoms with van der Waals surface area (Å²) in [6.07, 6.45) is 0.922. The van der Waals surface area contributed by atoms with Gasteiger partial charge in [0.1, 0.15) is 10.6 Å². The van der Waals surface area contributed by atoms with E-state index in [0.29, 0.717) is 41.7 Å². The number of thiophene rings is 2. The van der Waals surface area contributed by atoms with Gasteiger partial charge < -0.3 is 20.1 Å². The molecule has 0 fully saturated rings. The first-order valence-electron chi connectivity index (χ1n) is 8.01. The Balaban J connectivity index is 2.05. The Kier molecular flexibility index (Phi) is 8.02. The van der Waals surface area contributed by atoms with Crippen LogP contribution >= 0.6 is 34.9 Å². The zero-order valence-electron chi connectivity index (χ0n) is 14.5. The Morgan fingerprint density at radius 2 is 2.12 bits per heavy atom. The molecule has 2 heterocycles. The van der Waals surface area contributed by atoms with Crippen LogP contribution in [0.4, 0.5) is 5.00 Å². The number of hydrogen-bond donors (Lipinski definition) is 2. The molecule has 0 saturated carbocycles. The maximum Gasteiger partial charge on any atom is 0.341 e. The van der Waals surface area contributed by atoms with Crippen molar-refractivity contribution in [1.29, 1.82) is 0 Å². The summed E-state index contributed by atoms with van der Waals surface area (Å²) in [7, 11) is 1.36. The molecular weight excluding hydrogens is 392 g/mol. The SMILES string of the molecule is CCOC(=O)c1c(-c2cccs2)csc1NC(=S)NCCCC(=O)OC. The molecule has 0 spiro atoms. The Morgan fingerprint density at radius 1 is 1.31 bits per heavy atom. The largest absolute Gasteiger partial charge is 0.469 e. The van der Waals surface area contributed by atoms with Gasteiger partial charge in [0.15, 0.2) is 5.11 Å². The minimum absolute atomic E-state index is 0.255. The van der Waals surface area contributed by atoms with E-state index in [9.17, 15) is 9.59 Å². The fourth-order valence-electron chi connectivity index (χ4n) is 2.15. The lowest BCUT2D eigenvalue weighted by Crippen LogP contribution is -2.29. The highest BCUT2D eigenvalue weighted by molar-refractivity contribution is 7.80.